The van der Waals surface area contributed by atoms with Crippen LogP contribution >= 0.6 is 0 Å². The Hall–Kier alpha value is -3.22. The molecule has 2 aromatic heterocycles. The molecule has 2 amide bonds. The Morgan fingerprint density at radius 1 is 1.04 bits per heavy atom. The van der Waals surface area contributed by atoms with Gasteiger partial charge in [-0.3, -0.25) is 14.0 Å². The van der Waals surface area contributed by atoms with Crippen LogP contribution in [0.25, 0.3) is 5.65 Å². The number of rotatable bonds is 7. The Labute approximate surface area is 157 Å². The van der Waals surface area contributed by atoms with Gasteiger partial charge in [0.15, 0.2) is 11.5 Å². The number of hydrogen-bond donors (Lipinski definition) is 2. The maximum atomic E-state index is 12.6. The van der Waals surface area contributed by atoms with Crippen molar-refractivity contribution in [1.29, 1.82) is 0 Å². The summed E-state index contributed by atoms with van der Waals surface area (Å²) >= 11 is 0. The van der Waals surface area contributed by atoms with E-state index in [0.717, 1.165) is 11.2 Å². The van der Waals surface area contributed by atoms with E-state index >= 15 is 0 Å². The molecule has 0 saturated heterocycles. The molecule has 0 aliphatic rings. The lowest BCUT2D eigenvalue weighted by Crippen LogP contribution is -2.50. The molecule has 2 N–H and O–H groups in total. The highest BCUT2D eigenvalue weighted by Crippen LogP contribution is 2.06. The van der Waals surface area contributed by atoms with E-state index in [1.807, 2.05) is 73.0 Å². The lowest BCUT2D eigenvalue weighted by molar-refractivity contribution is -0.129. The first-order valence-electron chi connectivity index (χ1n) is 8.94. The first kappa shape index (κ1) is 18.6. The smallest absolute Gasteiger partial charge is 0.243 e. The number of nitrogens with one attached hydrogen (secondary N) is 2. The van der Waals surface area contributed by atoms with Gasteiger partial charge in [-0.1, -0.05) is 50.2 Å². The van der Waals surface area contributed by atoms with Gasteiger partial charge in [-0.2, -0.15) is 0 Å². The van der Waals surface area contributed by atoms with Crippen molar-refractivity contribution >= 4 is 17.5 Å². The zero-order valence-electron chi connectivity index (χ0n) is 15.4. The summed E-state index contributed by atoms with van der Waals surface area (Å²) in [7, 11) is 0. The van der Waals surface area contributed by atoms with Crippen LogP contribution in [0, 0.1) is 5.92 Å². The third kappa shape index (κ3) is 4.69. The van der Waals surface area contributed by atoms with E-state index in [2.05, 4.69) is 20.8 Å². The average Bonchev–Trinajstić information content (AvgIpc) is 3.08. The van der Waals surface area contributed by atoms with Crippen molar-refractivity contribution in [2.45, 2.75) is 32.9 Å². The second kappa shape index (κ2) is 8.44. The number of carbonyl (C=O) groups excluding carboxylic acids is 2. The summed E-state index contributed by atoms with van der Waals surface area (Å²) in [6, 6.07) is 14.4. The average molecular weight is 365 g/mol. The molecule has 3 aromatic rings. The van der Waals surface area contributed by atoms with E-state index in [9.17, 15) is 9.59 Å². The predicted molar refractivity (Wildman–Crippen MR) is 102 cm³/mol. The fourth-order valence-electron chi connectivity index (χ4n) is 2.83. The molecule has 0 radical (unpaired) electrons. The van der Waals surface area contributed by atoms with E-state index in [1.54, 1.807) is 0 Å². The van der Waals surface area contributed by atoms with Gasteiger partial charge in [-0.25, -0.2) is 0 Å². The minimum absolute atomic E-state index is 0.0418. The van der Waals surface area contributed by atoms with Gasteiger partial charge in [0.2, 0.25) is 11.8 Å². The fourth-order valence-corrected chi connectivity index (χ4v) is 2.83. The molecule has 0 fully saturated rings. The highest BCUT2D eigenvalue weighted by molar-refractivity contribution is 5.88. The number of carbonyl (C=O) groups is 2. The topological polar surface area (TPSA) is 88.4 Å². The van der Waals surface area contributed by atoms with Crippen molar-refractivity contribution < 1.29 is 9.59 Å². The zero-order chi connectivity index (χ0) is 19.2. The fraction of sp³-hybridized carbons (Fsp3) is 0.300. The molecule has 2 heterocycles. The number of pyridine rings is 1. The molecule has 1 atom stereocenters. The standard InChI is InChI=1S/C20H23N5O2/c1-14(2)19(22-18(26)12-15-8-4-3-5-9-15)20(27)21-13-17-24-23-16-10-6-7-11-25(16)17/h3-11,14,19H,12-13H2,1-2H3,(H,21,27)(H,22,26). The molecule has 0 aliphatic heterocycles. The SMILES string of the molecule is CC(C)C(NC(=O)Cc1ccccc1)C(=O)NCc1nnc2ccccn12. The molecule has 0 spiro atoms. The third-order valence-electron chi connectivity index (χ3n) is 4.28. The second-order valence-electron chi connectivity index (χ2n) is 6.71. The third-order valence-corrected chi connectivity index (χ3v) is 4.28. The number of fused-ring (bicyclic) bond motifs is 1. The van der Waals surface area contributed by atoms with Crippen LogP contribution < -0.4 is 10.6 Å². The number of nitrogens with zero attached hydrogens (tertiary/aromatic N) is 3. The van der Waals surface area contributed by atoms with Gasteiger partial charge in [0, 0.05) is 6.20 Å². The van der Waals surface area contributed by atoms with Crippen LogP contribution in [0.5, 0.6) is 0 Å². The molecule has 0 bridgehead atoms. The van der Waals surface area contributed by atoms with E-state index in [0.29, 0.717) is 5.82 Å². The number of amides is 2. The van der Waals surface area contributed by atoms with Crippen LogP contribution in [0.15, 0.2) is 54.7 Å². The molecule has 7 nitrogen and oxygen atoms in total. The van der Waals surface area contributed by atoms with Crippen LogP contribution in [0.4, 0.5) is 0 Å². The lowest BCUT2D eigenvalue weighted by Gasteiger charge is -2.21. The number of hydrogen-bond acceptors (Lipinski definition) is 4. The highest BCUT2D eigenvalue weighted by Gasteiger charge is 2.24. The second-order valence-corrected chi connectivity index (χ2v) is 6.71. The van der Waals surface area contributed by atoms with E-state index < -0.39 is 6.04 Å². The highest BCUT2D eigenvalue weighted by atomic mass is 16.2. The minimum atomic E-state index is -0.611. The van der Waals surface area contributed by atoms with Crippen LogP contribution in [0.1, 0.15) is 25.2 Å². The molecule has 7 heteroatoms. The Balaban J connectivity index is 1.60. The molecule has 3 rings (SSSR count). The van der Waals surface area contributed by atoms with Crippen molar-refractivity contribution in [3.8, 4) is 0 Å². The summed E-state index contributed by atoms with van der Waals surface area (Å²) in [5, 5.41) is 13.9. The van der Waals surface area contributed by atoms with Gasteiger partial charge in [-0.15, -0.1) is 10.2 Å². The van der Waals surface area contributed by atoms with Crippen LogP contribution in [0.3, 0.4) is 0 Å². The molecular formula is C20H23N5O2. The monoisotopic (exact) mass is 365 g/mol. The van der Waals surface area contributed by atoms with Gasteiger partial charge in [-0.05, 0) is 23.6 Å². The minimum Gasteiger partial charge on any atom is -0.347 e. The Bertz CT molecular complexity index is 920. The van der Waals surface area contributed by atoms with Crippen molar-refractivity contribution in [2.24, 2.45) is 5.92 Å². The summed E-state index contributed by atoms with van der Waals surface area (Å²) < 4.78 is 1.82. The van der Waals surface area contributed by atoms with Gasteiger partial charge in [0.1, 0.15) is 6.04 Å². The summed E-state index contributed by atoms with van der Waals surface area (Å²) in [5.74, 6) is 0.180. The molecular weight excluding hydrogens is 342 g/mol. The summed E-state index contributed by atoms with van der Waals surface area (Å²) in [5.41, 5.74) is 1.63. The van der Waals surface area contributed by atoms with Crippen LogP contribution in [0.2, 0.25) is 0 Å². The lowest BCUT2D eigenvalue weighted by atomic mass is 10.0. The van der Waals surface area contributed by atoms with Crippen LogP contribution in [-0.2, 0) is 22.6 Å². The number of aromatic nitrogens is 3. The van der Waals surface area contributed by atoms with Gasteiger partial charge >= 0.3 is 0 Å². The van der Waals surface area contributed by atoms with E-state index in [4.69, 9.17) is 0 Å². The Morgan fingerprint density at radius 3 is 2.52 bits per heavy atom. The largest absolute Gasteiger partial charge is 0.347 e. The summed E-state index contributed by atoms with van der Waals surface area (Å²) in [6.45, 7) is 4.04. The van der Waals surface area contributed by atoms with Gasteiger partial charge < -0.3 is 10.6 Å². The zero-order valence-corrected chi connectivity index (χ0v) is 15.4. The first-order valence-corrected chi connectivity index (χ1v) is 8.94. The van der Waals surface area contributed by atoms with Gasteiger partial charge in [0.05, 0.1) is 13.0 Å². The van der Waals surface area contributed by atoms with Crippen molar-refractivity contribution in [3.05, 3.63) is 66.1 Å². The molecule has 1 aromatic carbocycles. The maximum Gasteiger partial charge on any atom is 0.243 e. The molecule has 1 unspecified atom stereocenters. The summed E-state index contributed by atoms with van der Waals surface area (Å²) in [6.07, 6.45) is 2.09. The van der Waals surface area contributed by atoms with Crippen LogP contribution in [-0.4, -0.2) is 32.5 Å². The molecule has 27 heavy (non-hydrogen) atoms. The van der Waals surface area contributed by atoms with Crippen molar-refractivity contribution in [3.63, 3.8) is 0 Å². The predicted octanol–water partition coefficient (Wildman–Crippen LogP) is 1.73. The van der Waals surface area contributed by atoms with E-state index in [-0.39, 0.29) is 30.7 Å². The Kier molecular flexibility index (Phi) is 5.80. The quantitative estimate of drug-likeness (QED) is 0.667. The van der Waals surface area contributed by atoms with E-state index in [1.165, 1.54) is 0 Å². The molecule has 140 valence electrons. The molecule has 0 saturated carbocycles. The number of benzene rings is 1. The Morgan fingerprint density at radius 2 is 1.78 bits per heavy atom. The van der Waals surface area contributed by atoms with Crippen molar-refractivity contribution in [1.82, 2.24) is 25.2 Å². The normalized spacial score (nSPS) is 12.1. The summed E-state index contributed by atoms with van der Waals surface area (Å²) in [4.78, 5) is 24.9. The molecule has 0 aliphatic carbocycles. The van der Waals surface area contributed by atoms with Gasteiger partial charge in [0.25, 0.3) is 0 Å². The first-order chi connectivity index (χ1) is 13.0. The van der Waals surface area contributed by atoms with Crippen molar-refractivity contribution in [2.75, 3.05) is 0 Å². The maximum absolute atomic E-state index is 12.6.